The number of para-hydroxylation sites is 1. The molecule has 0 radical (unpaired) electrons. The van der Waals surface area contributed by atoms with Gasteiger partial charge in [-0.25, -0.2) is 4.68 Å². The van der Waals surface area contributed by atoms with Crippen LogP contribution in [0.3, 0.4) is 0 Å². The number of hydrogen-bond acceptors (Lipinski definition) is 6. The van der Waals surface area contributed by atoms with Gasteiger partial charge in [-0.05, 0) is 19.1 Å². The topological polar surface area (TPSA) is 115 Å². The van der Waals surface area contributed by atoms with Crippen molar-refractivity contribution in [1.82, 2.24) is 25.2 Å². The van der Waals surface area contributed by atoms with Crippen molar-refractivity contribution in [2.45, 2.75) is 19.4 Å². The van der Waals surface area contributed by atoms with Crippen molar-refractivity contribution < 1.29 is 14.1 Å². The molecule has 3 rings (SSSR count). The largest absolute Gasteiger partial charge is 0.384 e. The Morgan fingerprint density at radius 1 is 1.38 bits per heavy atom. The molecule has 26 heavy (non-hydrogen) atoms. The third kappa shape index (κ3) is 3.89. The van der Waals surface area contributed by atoms with Gasteiger partial charge in [0.05, 0.1) is 12.3 Å². The van der Waals surface area contributed by atoms with Crippen LogP contribution in [0.1, 0.15) is 35.2 Å². The summed E-state index contributed by atoms with van der Waals surface area (Å²) in [5.41, 5.74) is 0.461. The van der Waals surface area contributed by atoms with Crippen LogP contribution in [0, 0.1) is 0 Å². The number of amides is 1. The molecule has 1 aromatic carbocycles. The summed E-state index contributed by atoms with van der Waals surface area (Å²) >= 11 is 0. The number of methoxy groups -OCH3 is 1. The maximum Gasteiger partial charge on any atom is 0.271 e. The lowest BCUT2D eigenvalue weighted by atomic mass is 10.3. The summed E-state index contributed by atoms with van der Waals surface area (Å²) in [6.45, 7) is 2.20. The molecule has 1 amide bonds. The average Bonchev–Trinajstić information content (AvgIpc) is 3.27. The van der Waals surface area contributed by atoms with Gasteiger partial charge in [0.2, 0.25) is 5.89 Å². The van der Waals surface area contributed by atoms with Gasteiger partial charge in [0, 0.05) is 19.6 Å². The lowest BCUT2D eigenvalue weighted by molar-refractivity contribution is 0.0927. The molecule has 9 heteroatoms. The van der Waals surface area contributed by atoms with Crippen molar-refractivity contribution >= 4 is 5.91 Å². The molecule has 0 saturated carbocycles. The summed E-state index contributed by atoms with van der Waals surface area (Å²) in [5.74, 6) is 0.349. The first-order chi connectivity index (χ1) is 12.6. The number of rotatable bonds is 7. The highest BCUT2D eigenvalue weighted by atomic mass is 16.5. The van der Waals surface area contributed by atoms with Crippen LogP contribution in [-0.4, -0.2) is 39.5 Å². The molecule has 3 aromatic rings. The first kappa shape index (κ1) is 17.6. The molecule has 0 bridgehead atoms. The Morgan fingerprint density at radius 2 is 2.15 bits per heavy atom. The van der Waals surface area contributed by atoms with E-state index < -0.39 is 11.9 Å². The fourth-order valence-electron chi connectivity index (χ4n) is 2.36. The average molecular weight is 357 g/mol. The summed E-state index contributed by atoms with van der Waals surface area (Å²) in [6.07, 6.45) is 0.522. The number of carbonyl (C=O) groups excluding carboxylic acids is 1. The van der Waals surface area contributed by atoms with Crippen LogP contribution in [0.25, 0.3) is 5.69 Å². The Bertz CT molecular complexity index is 928. The van der Waals surface area contributed by atoms with Crippen LogP contribution < -0.4 is 10.9 Å². The second-order valence-electron chi connectivity index (χ2n) is 5.67. The van der Waals surface area contributed by atoms with Gasteiger partial charge in [-0.2, -0.15) is 4.98 Å². The predicted molar refractivity (Wildman–Crippen MR) is 92.1 cm³/mol. The number of nitrogens with zero attached hydrogens (tertiary/aromatic N) is 3. The molecule has 2 heterocycles. The summed E-state index contributed by atoms with van der Waals surface area (Å²) < 4.78 is 11.4. The predicted octanol–water partition coefficient (Wildman–Crippen LogP) is 1.23. The van der Waals surface area contributed by atoms with Gasteiger partial charge in [0.25, 0.3) is 11.5 Å². The molecule has 0 fully saturated rings. The Kier molecular flexibility index (Phi) is 5.28. The number of benzene rings is 1. The summed E-state index contributed by atoms with van der Waals surface area (Å²) in [5, 5.41) is 9.35. The molecule has 2 aromatic heterocycles. The number of aromatic nitrogens is 4. The summed E-state index contributed by atoms with van der Waals surface area (Å²) in [6, 6.07) is 9.73. The normalized spacial score (nSPS) is 12.1. The van der Waals surface area contributed by atoms with E-state index in [0.717, 1.165) is 0 Å². The van der Waals surface area contributed by atoms with Gasteiger partial charge in [0.1, 0.15) is 11.7 Å². The Hall–Kier alpha value is -3.20. The lowest BCUT2D eigenvalue weighted by Crippen LogP contribution is -2.27. The maximum atomic E-state index is 12.4. The van der Waals surface area contributed by atoms with Crippen molar-refractivity contribution in [1.29, 1.82) is 0 Å². The molecular weight excluding hydrogens is 338 g/mol. The lowest BCUT2D eigenvalue weighted by Gasteiger charge is -2.08. The van der Waals surface area contributed by atoms with E-state index in [9.17, 15) is 9.59 Å². The number of ether oxygens (including phenoxy) is 1. The van der Waals surface area contributed by atoms with Crippen LogP contribution in [0.5, 0.6) is 0 Å². The van der Waals surface area contributed by atoms with Gasteiger partial charge < -0.3 is 14.6 Å². The molecule has 1 atom stereocenters. The molecule has 0 spiro atoms. The van der Waals surface area contributed by atoms with Crippen molar-refractivity contribution in [3.63, 3.8) is 0 Å². The summed E-state index contributed by atoms with van der Waals surface area (Å²) in [7, 11) is 1.59. The SMILES string of the molecule is COCCc1noc(C(C)NC(=O)c2cc(=O)n(-c3ccccc3)[nH]2)n1. The highest BCUT2D eigenvalue weighted by molar-refractivity contribution is 5.92. The molecule has 0 aliphatic carbocycles. The number of carbonyl (C=O) groups is 1. The molecule has 0 aliphatic rings. The first-order valence-corrected chi connectivity index (χ1v) is 8.08. The van der Waals surface area contributed by atoms with Crippen molar-refractivity contribution in [2.75, 3.05) is 13.7 Å². The van der Waals surface area contributed by atoms with Gasteiger partial charge in [-0.15, -0.1) is 0 Å². The fourth-order valence-corrected chi connectivity index (χ4v) is 2.36. The molecule has 9 nitrogen and oxygen atoms in total. The van der Waals surface area contributed by atoms with Crippen LogP contribution in [0.4, 0.5) is 0 Å². The third-order valence-corrected chi connectivity index (χ3v) is 3.71. The molecular formula is C17H19N5O4. The monoisotopic (exact) mass is 357 g/mol. The van der Waals surface area contributed by atoms with E-state index in [4.69, 9.17) is 9.26 Å². The Labute approximate surface area is 149 Å². The molecule has 0 aliphatic heterocycles. The highest BCUT2D eigenvalue weighted by Gasteiger charge is 2.19. The zero-order valence-electron chi connectivity index (χ0n) is 14.4. The van der Waals surface area contributed by atoms with Crippen LogP contribution >= 0.6 is 0 Å². The zero-order valence-corrected chi connectivity index (χ0v) is 14.4. The highest BCUT2D eigenvalue weighted by Crippen LogP contribution is 2.11. The molecule has 2 N–H and O–H groups in total. The minimum absolute atomic E-state index is 0.143. The van der Waals surface area contributed by atoms with Crippen molar-refractivity contribution in [2.24, 2.45) is 0 Å². The number of aromatic amines is 1. The van der Waals surface area contributed by atoms with Crippen LogP contribution in [0.15, 0.2) is 45.7 Å². The third-order valence-electron chi connectivity index (χ3n) is 3.71. The van der Waals surface area contributed by atoms with E-state index in [1.54, 1.807) is 38.3 Å². The van der Waals surface area contributed by atoms with Crippen molar-refractivity contribution in [3.05, 3.63) is 64.2 Å². The van der Waals surface area contributed by atoms with Crippen molar-refractivity contribution in [3.8, 4) is 5.69 Å². The second-order valence-corrected chi connectivity index (χ2v) is 5.67. The van der Waals surface area contributed by atoms with E-state index in [0.29, 0.717) is 24.5 Å². The van der Waals surface area contributed by atoms with Gasteiger partial charge in [0.15, 0.2) is 5.82 Å². The maximum absolute atomic E-state index is 12.4. The van der Waals surface area contributed by atoms with E-state index in [-0.39, 0.29) is 17.1 Å². The number of nitrogens with one attached hydrogen (secondary N) is 2. The number of hydrogen-bond donors (Lipinski definition) is 2. The Morgan fingerprint density at radius 3 is 2.88 bits per heavy atom. The minimum atomic E-state index is -0.505. The zero-order chi connectivity index (χ0) is 18.5. The Balaban J connectivity index is 1.70. The minimum Gasteiger partial charge on any atom is -0.384 e. The van der Waals surface area contributed by atoms with E-state index in [1.807, 2.05) is 6.07 Å². The second kappa shape index (κ2) is 7.79. The van der Waals surface area contributed by atoms with Gasteiger partial charge >= 0.3 is 0 Å². The van der Waals surface area contributed by atoms with Crippen LogP contribution in [-0.2, 0) is 11.2 Å². The van der Waals surface area contributed by atoms with Crippen LogP contribution in [0.2, 0.25) is 0 Å². The van der Waals surface area contributed by atoms with E-state index >= 15 is 0 Å². The van der Waals surface area contributed by atoms with E-state index in [2.05, 4.69) is 20.6 Å². The van der Waals surface area contributed by atoms with Gasteiger partial charge in [-0.1, -0.05) is 23.4 Å². The molecule has 1 unspecified atom stereocenters. The summed E-state index contributed by atoms with van der Waals surface area (Å²) in [4.78, 5) is 28.7. The molecule has 0 saturated heterocycles. The number of H-pyrrole nitrogens is 1. The first-order valence-electron chi connectivity index (χ1n) is 8.08. The van der Waals surface area contributed by atoms with Gasteiger partial charge in [-0.3, -0.25) is 14.7 Å². The fraction of sp³-hybridized carbons (Fsp3) is 0.294. The standard InChI is InChI=1S/C17H19N5O4/c1-11(17-19-14(21-26-17)8-9-25-2)18-16(24)13-10-15(23)22(20-13)12-6-4-3-5-7-12/h3-7,10-11,20H,8-9H2,1-2H3,(H,18,24). The molecule has 136 valence electrons. The quantitative estimate of drug-likeness (QED) is 0.657. The van der Waals surface area contributed by atoms with E-state index in [1.165, 1.54) is 10.7 Å². The smallest absolute Gasteiger partial charge is 0.271 e.